The highest BCUT2D eigenvalue weighted by Gasteiger charge is 2.12. The zero-order valence-corrected chi connectivity index (χ0v) is 8.10. The molecule has 13 heavy (non-hydrogen) atoms. The van der Waals surface area contributed by atoms with E-state index in [9.17, 15) is 4.39 Å². The number of hydrogen-bond donors (Lipinski definition) is 1. The molecule has 0 bridgehead atoms. The van der Waals surface area contributed by atoms with Crippen molar-refractivity contribution in [3.8, 4) is 5.88 Å². The largest absolute Gasteiger partial charge is 0.479 e. The second kappa shape index (κ2) is 3.89. The van der Waals surface area contributed by atoms with Crippen LogP contribution >= 0.6 is 11.6 Å². The van der Waals surface area contributed by atoms with Crippen molar-refractivity contribution >= 4 is 11.6 Å². The van der Waals surface area contributed by atoms with Gasteiger partial charge in [0.2, 0.25) is 0 Å². The van der Waals surface area contributed by atoms with E-state index in [1.807, 2.05) is 0 Å². The maximum absolute atomic E-state index is 13.1. The normalized spacial score (nSPS) is 12.7. The first-order valence-electron chi connectivity index (χ1n) is 3.71. The fraction of sp³-hybridized carbons (Fsp3) is 0.375. The number of aromatic nitrogens is 1. The predicted molar refractivity (Wildman–Crippen MR) is 48.4 cm³/mol. The fourth-order valence-corrected chi connectivity index (χ4v) is 1.23. The number of nitrogens with two attached hydrogens (primary N) is 1. The lowest BCUT2D eigenvalue weighted by Gasteiger charge is -2.09. The Morgan fingerprint density at radius 2 is 2.31 bits per heavy atom. The minimum Gasteiger partial charge on any atom is -0.479 e. The van der Waals surface area contributed by atoms with E-state index in [0.29, 0.717) is 5.56 Å². The number of ether oxygens (including phenoxy) is 1. The second-order valence-corrected chi connectivity index (χ2v) is 3.01. The molecule has 72 valence electrons. The summed E-state index contributed by atoms with van der Waals surface area (Å²) < 4.78 is 17.7. The summed E-state index contributed by atoms with van der Waals surface area (Å²) in [6, 6.07) is 0.888. The third kappa shape index (κ3) is 2.08. The summed E-state index contributed by atoms with van der Waals surface area (Å²) in [4.78, 5) is 3.70. The van der Waals surface area contributed by atoms with Crippen molar-refractivity contribution in [2.45, 2.75) is 13.0 Å². The molecule has 3 nitrogen and oxygen atoms in total. The summed E-state index contributed by atoms with van der Waals surface area (Å²) in [7, 11) is 1.33. The van der Waals surface area contributed by atoms with Gasteiger partial charge in [0, 0.05) is 11.6 Å². The molecule has 1 aromatic rings. The molecule has 0 radical (unpaired) electrons. The third-order valence-corrected chi connectivity index (χ3v) is 1.91. The maximum Gasteiger partial charge on any atom is 0.251 e. The molecular formula is C8H10ClFN2O. The van der Waals surface area contributed by atoms with E-state index in [2.05, 4.69) is 9.72 Å². The van der Waals surface area contributed by atoms with E-state index < -0.39 is 5.82 Å². The molecule has 1 rings (SSSR count). The minimum atomic E-state index is -0.556. The molecule has 0 aliphatic heterocycles. The number of methoxy groups -OCH3 is 1. The van der Waals surface area contributed by atoms with Crippen molar-refractivity contribution in [3.63, 3.8) is 0 Å². The van der Waals surface area contributed by atoms with Crippen molar-refractivity contribution in [1.29, 1.82) is 0 Å². The van der Waals surface area contributed by atoms with Crippen LogP contribution in [0.3, 0.4) is 0 Å². The third-order valence-electron chi connectivity index (χ3n) is 1.61. The lowest BCUT2D eigenvalue weighted by molar-refractivity contribution is 0.368. The van der Waals surface area contributed by atoms with Gasteiger partial charge in [0.1, 0.15) is 5.15 Å². The summed E-state index contributed by atoms with van der Waals surface area (Å²) >= 11 is 5.74. The van der Waals surface area contributed by atoms with Gasteiger partial charge in [0.15, 0.2) is 5.82 Å². The summed E-state index contributed by atoms with van der Waals surface area (Å²) in [6.45, 7) is 1.70. The van der Waals surface area contributed by atoms with Gasteiger partial charge in [-0.05, 0) is 13.0 Å². The Morgan fingerprint density at radius 1 is 1.69 bits per heavy atom. The lowest BCUT2D eigenvalue weighted by atomic mass is 10.1. The van der Waals surface area contributed by atoms with Crippen LogP contribution in [0.1, 0.15) is 18.5 Å². The first kappa shape index (κ1) is 10.2. The Labute approximate surface area is 80.7 Å². The zero-order chi connectivity index (χ0) is 10.0. The number of halogens is 2. The van der Waals surface area contributed by atoms with Crippen LogP contribution in [0.2, 0.25) is 5.15 Å². The zero-order valence-electron chi connectivity index (χ0n) is 7.34. The number of hydrogen-bond acceptors (Lipinski definition) is 3. The second-order valence-electron chi connectivity index (χ2n) is 2.65. The topological polar surface area (TPSA) is 48.1 Å². The highest BCUT2D eigenvalue weighted by molar-refractivity contribution is 6.30. The molecule has 2 N–H and O–H groups in total. The molecule has 0 aliphatic rings. The molecule has 0 spiro atoms. The Hall–Kier alpha value is -0.870. The summed E-state index contributed by atoms with van der Waals surface area (Å²) in [5, 5.41) is 0.174. The van der Waals surface area contributed by atoms with Gasteiger partial charge >= 0.3 is 0 Å². The monoisotopic (exact) mass is 204 g/mol. The summed E-state index contributed by atoms with van der Waals surface area (Å²) in [5.74, 6) is -0.673. The minimum absolute atomic E-state index is 0.116. The Morgan fingerprint density at radius 3 is 2.77 bits per heavy atom. The van der Waals surface area contributed by atoms with Crippen LogP contribution in [0.25, 0.3) is 0 Å². The molecule has 0 saturated heterocycles. The Balaban J connectivity index is 3.20. The molecule has 0 aliphatic carbocycles. The van der Waals surface area contributed by atoms with E-state index in [1.165, 1.54) is 13.2 Å². The SMILES string of the molecule is COc1nc(Cl)c([C@H](C)N)cc1F. The van der Waals surface area contributed by atoms with E-state index in [-0.39, 0.29) is 17.1 Å². The van der Waals surface area contributed by atoms with Crippen LogP contribution in [0.15, 0.2) is 6.07 Å². The molecule has 0 unspecified atom stereocenters. The molecule has 0 aromatic carbocycles. The molecule has 5 heteroatoms. The van der Waals surface area contributed by atoms with Gasteiger partial charge in [-0.3, -0.25) is 0 Å². The van der Waals surface area contributed by atoms with E-state index in [4.69, 9.17) is 17.3 Å². The molecule has 0 saturated carbocycles. The smallest absolute Gasteiger partial charge is 0.251 e. The van der Waals surface area contributed by atoms with Crippen molar-refractivity contribution < 1.29 is 9.13 Å². The van der Waals surface area contributed by atoms with Gasteiger partial charge in [0.05, 0.1) is 7.11 Å². The van der Waals surface area contributed by atoms with Gasteiger partial charge in [-0.15, -0.1) is 0 Å². The van der Waals surface area contributed by atoms with E-state index in [0.717, 1.165) is 0 Å². The highest BCUT2D eigenvalue weighted by atomic mass is 35.5. The number of pyridine rings is 1. The Bertz CT molecular complexity index is 317. The average Bonchev–Trinajstić information content (AvgIpc) is 2.07. The molecule has 0 amide bonds. The molecular weight excluding hydrogens is 195 g/mol. The molecule has 1 heterocycles. The first-order valence-corrected chi connectivity index (χ1v) is 4.09. The van der Waals surface area contributed by atoms with Crippen LogP contribution in [0, 0.1) is 5.82 Å². The first-order chi connectivity index (χ1) is 6.06. The van der Waals surface area contributed by atoms with Crippen LogP contribution < -0.4 is 10.5 Å². The predicted octanol–water partition coefficient (Wildman–Crippen LogP) is 1.90. The highest BCUT2D eigenvalue weighted by Crippen LogP contribution is 2.25. The Kier molecular flexibility index (Phi) is 3.06. The van der Waals surface area contributed by atoms with Crippen molar-refractivity contribution in [1.82, 2.24) is 4.98 Å². The number of rotatable bonds is 2. The van der Waals surface area contributed by atoms with Gasteiger partial charge in [0.25, 0.3) is 5.88 Å². The summed E-state index contributed by atoms with van der Waals surface area (Å²) in [6.07, 6.45) is 0. The van der Waals surface area contributed by atoms with E-state index in [1.54, 1.807) is 6.92 Å². The van der Waals surface area contributed by atoms with E-state index >= 15 is 0 Å². The van der Waals surface area contributed by atoms with Crippen LogP contribution in [-0.2, 0) is 0 Å². The fourth-order valence-electron chi connectivity index (χ4n) is 0.927. The number of nitrogens with zero attached hydrogens (tertiary/aromatic N) is 1. The lowest BCUT2D eigenvalue weighted by Crippen LogP contribution is -2.08. The van der Waals surface area contributed by atoms with Crippen molar-refractivity contribution in [3.05, 3.63) is 22.6 Å². The molecule has 1 atom stereocenters. The van der Waals surface area contributed by atoms with Gasteiger partial charge < -0.3 is 10.5 Å². The average molecular weight is 205 g/mol. The molecule has 1 aromatic heterocycles. The van der Waals surface area contributed by atoms with Crippen LogP contribution in [0.4, 0.5) is 4.39 Å². The van der Waals surface area contributed by atoms with Crippen molar-refractivity contribution in [2.24, 2.45) is 5.73 Å². The van der Waals surface area contributed by atoms with Gasteiger partial charge in [-0.2, -0.15) is 4.98 Å². The van der Waals surface area contributed by atoms with Crippen molar-refractivity contribution in [2.75, 3.05) is 7.11 Å². The van der Waals surface area contributed by atoms with Crippen LogP contribution in [0.5, 0.6) is 5.88 Å². The maximum atomic E-state index is 13.1. The van der Waals surface area contributed by atoms with Gasteiger partial charge in [-0.25, -0.2) is 4.39 Å². The van der Waals surface area contributed by atoms with Gasteiger partial charge in [-0.1, -0.05) is 11.6 Å². The quantitative estimate of drug-likeness (QED) is 0.749. The summed E-state index contributed by atoms with van der Waals surface area (Å²) in [5.41, 5.74) is 6.02. The molecule has 0 fully saturated rings. The van der Waals surface area contributed by atoms with Crippen LogP contribution in [-0.4, -0.2) is 12.1 Å². The standard InChI is InChI=1S/C8H10ClFN2O/c1-4(11)5-3-6(10)8(13-2)12-7(5)9/h3-4H,11H2,1-2H3/t4-/m0/s1.